The van der Waals surface area contributed by atoms with Gasteiger partial charge in [-0.1, -0.05) is 13.8 Å². The molecule has 0 saturated heterocycles. The van der Waals surface area contributed by atoms with Gasteiger partial charge in [0, 0.05) is 32.1 Å². The summed E-state index contributed by atoms with van der Waals surface area (Å²) in [5.74, 6) is -0.208. The van der Waals surface area contributed by atoms with Gasteiger partial charge < -0.3 is 14.2 Å². The van der Waals surface area contributed by atoms with Crippen molar-refractivity contribution in [3.8, 4) is 0 Å². The molecule has 0 aromatic rings. The van der Waals surface area contributed by atoms with E-state index in [-0.39, 0.29) is 46.4 Å². The Labute approximate surface area is 196 Å². The van der Waals surface area contributed by atoms with Crippen molar-refractivity contribution in [1.82, 2.24) is 0 Å². The fraction of sp³-hybridized carbons (Fsp3) is 0.846. The van der Waals surface area contributed by atoms with E-state index in [0.717, 1.165) is 44.9 Å². The third kappa shape index (κ3) is 3.99. The minimum Gasteiger partial charge on any atom is -0.466 e. The molecule has 4 saturated carbocycles. The second kappa shape index (κ2) is 8.70. The van der Waals surface area contributed by atoms with Crippen molar-refractivity contribution >= 4 is 23.7 Å². The van der Waals surface area contributed by atoms with Crippen molar-refractivity contribution in [2.24, 2.45) is 40.4 Å². The van der Waals surface area contributed by atoms with Crippen LogP contribution in [0.4, 0.5) is 0 Å². The average molecular weight is 463 g/mol. The van der Waals surface area contributed by atoms with E-state index in [9.17, 15) is 19.2 Å². The average Bonchev–Trinajstić information content (AvgIpc) is 3.07. The molecule has 0 radical (unpaired) electrons. The lowest BCUT2D eigenvalue weighted by Gasteiger charge is -2.60. The number of carbonyl (C=O) groups excluding carboxylic acids is 4. The van der Waals surface area contributed by atoms with Crippen LogP contribution in [0.15, 0.2) is 0 Å². The van der Waals surface area contributed by atoms with Crippen molar-refractivity contribution < 1.29 is 33.4 Å². The van der Waals surface area contributed by atoms with E-state index in [2.05, 4.69) is 13.8 Å². The molecule has 7 heteroatoms. The summed E-state index contributed by atoms with van der Waals surface area (Å²) >= 11 is 0. The largest absolute Gasteiger partial charge is 0.466 e. The zero-order chi connectivity index (χ0) is 24.1. The second-order valence-electron chi connectivity index (χ2n) is 11.4. The van der Waals surface area contributed by atoms with E-state index in [1.165, 1.54) is 21.0 Å². The first-order chi connectivity index (χ1) is 15.5. The lowest BCUT2D eigenvalue weighted by molar-refractivity contribution is -0.180. The number of ether oxygens (including phenoxy) is 3. The predicted molar refractivity (Wildman–Crippen MR) is 119 cm³/mol. The molecule has 0 heterocycles. The maximum Gasteiger partial charge on any atom is 0.347 e. The minimum absolute atomic E-state index is 0.0108. The highest BCUT2D eigenvalue weighted by molar-refractivity contribution is 5.85. The van der Waals surface area contributed by atoms with Crippen LogP contribution in [0.5, 0.6) is 0 Å². The topological polar surface area (TPSA) is 96.0 Å². The van der Waals surface area contributed by atoms with Crippen molar-refractivity contribution in [2.75, 3.05) is 7.11 Å². The molecule has 4 rings (SSSR count). The first kappa shape index (κ1) is 24.2. The number of rotatable bonds is 4. The molecule has 0 amide bonds. The molecule has 4 fully saturated rings. The van der Waals surface area contributed by atoms with E-state index in [0.29, 0.717) is 18.3 Å². The molecule has 4 aliphatic rings. The van der Waals surface area contributed by atoms with E-state index in [1.54, 1.807) is 0 Å². The Morgan fingerprint density at radius 1 is 0.970 bits per heavy atom. The SMILES string of the molecule is COC(=O)[C@H](OC(C)=O)[C@@H]1CC[C@@H]2[C@@H]3CC[C@@H]4C[C@H](OC(C)=O)CC[C@]4(C)[C@H]3C(=O)C[C@@]21C. The lowest BCUT2D eigenvalue weighted by atomic mass is 9.44. The molecule has 0 N–H and O–H groups in total. The summed E-state index contributed by atoms with van der Waals surface area (Å²) in [6, 6.07) is 0. The second-order valence-corrected chi connectivity index (χ2v) is 11.4. The first-order valence-corrected chi connectivity index (χ1v) is 12.5. The Morgan fingerprint density at radius 3 is 2.33 bits per heavy atom. The Balaban J connectivity index is 1.59. The standard InChI is InChI=1S/C26H38O7/c1-14(27)32-17-10-11-25(3)16(12-17)6-7-18-19-8-9-20(23(24(30)31-5)33-15(2)28)26(19,4)13-21(29)22(18)25/h16-20,22-23H,6-13H2,1-5H3/t16-,17-,18+,19-,20+,22-,23-,25+,26+/m1/s1. The van der Waals surface area contributed by atoms with Crippen LogP contribution in [0.1, 0.15) is 79.1 Å². The zero-order valence-electron chi connectivity index (χ0n) is 20.6. The number of hydrogen-bond acceptors (Lipinski definition) is 7. The van der Waals surface area contributed by atoms with Crippen LogP contribution >= 0.6 is 0 Å². The van der Waals surface area contributed by atoms with Crippen molar-refractivity contribution in [3.05, 3.63) is 0 Å². The Bertz CT molecular complexity index is 836. The number of esters is 3. The molecular formula is C26H38O7. The van der Waals surface area contributed by atoms with E-state index >= 15 is 0 Å². The molecule has 0 bridgehead atoms. The van der Waals surface area contributed by atoms with Gasteiger partial charge in [0.1, 0.15) is 11.9 Å². The molecular weight excluding hydrogens is 424 g/mol. The lowest BCUT2D eigenvalue weighted by Crippen LogP contribution is -2.58. The van der Waals surface area contributed by atoms with Gasteiger partial charge in [0.2, 0.25) is 6.10 Å². The number of methoxy groups -OCH3 is 1. The fourth-order valence-electron chi connectivity index (χ4n) is 8.50. The van der Waals surface area contributed by atoms with Gasteiger partial charge in [0.25, 0.3) is 0 Å². The minimum atomic E-state index is -0.960. The van der Waals surface area contributed by atoms with Gasteiger partial charge in [-0.05, 0) is 73.5 Å². The zero-order valence-corrected chi connectivity index (χ0v) is 20.6. The van der Waals surface area contributed by atoms with E-state index in [1.807, 2.05) is 0 Å². The fourth-order valence-corrected chi connectivity index (χ4v) is 8.50. The van der Waals surface area contributed by atoms with Gasteiger partial charge in [0.05, 0.1) is 7.11 Å². The molecule has 0 aromatic carbocycles. The van der Waals surface area contributed by atoms with Gasteiger partial charge in [0.15, 0.2) is 0 Å². The summed E-state index contributed by atoms with van der Waals surface area (Å²) in [5.41, 5.74) is -0.460. The summed E-state index contributed by atoms with van der Waals surface area (Å²) in [7, 11) is 1.31. The highest BCUT2D eigenvalue weighted by Crippen LogP contribution is 2.67. The summed E-state index contributed by atoms with van der Waals surface area (Å²) in [6.07, 6.45) is 5.65. The Morgan fingerprint density at radius 2 is 1.70 bits per heavy atom. The summed E-state index contributed by atoms with van der Waals surface area (Å²) in [4.78, 5) is 49.6. The van der Waals surface area contributed by atoms with Crippen LogP contribution in [0, 0.1) is 40.4 Å². The van der Waals surface area contributed by atoms with Crippen LogP contribution < -0.4 is 0 Å². The summed E-state index contributed by atoms with van der Waals surface area (Å²) in [6.45, 7) is 7.17. The molecule has 4 aliphatic carbocycles. The van der Waals surface area contributed by atoms with Crippen molar-refractivity contribution in [3.63, 3.8) is 0 Å². The number of fused-ring (bicyclic) bond motifs is 5. The number of ketones is 1. The van der Waals surface area contributed by atoms with E-state index in [4.69, 9.17) is 14.2 Å². The van der Waals surface area contributed by atoms with Gasteiger partial charge >= 0.3 is 17.9 Å². The number of carbonyl (C=O) groups is 4. The third-order valence-electron chi connectivity index (χ3n) is 9.80. The molecule has 184 valence electrons. The molecule has 33 heavy (non-hydrogen) atoms. The highest BCUT2D eigenvalue weighted by atomic mass is 16.6. The van der Waals surface area contributed by atoms with Crippen LogP contribution in [0.25, 0.3) is 0 Å². The van der Waals surface area contributed by atoms with Crippen LogP contribution in [0.3, 0.4) is 0 Å². The smallest absolute Gasteiger partial charge is 0.347 e. The van der Waals surface area contributed by atoms with Crippen LogP contribution in [-0.4, -0.2) is 43.0 Å². The monoisotopic (exact) mass is 462 g/mol. The van der Waals surface area contributed by atoms with Gasteiger partial charge in [-0.15, -0.1) is 0 Å². The molecule has 0 spiro atoms. The maximum absolute atomic E-state index is 13.8. The quantitative estimate of drug-likeness (QED) is 0.462. The van der Waals surface area contributed by atoms with E-state index < -0.39 is 18.0 Å². The molecule has 0 aromatic heterocycles. The molecule has 0 unspecified atom stereocenters. The van der Waals surface area contributed by atoms with Crippen LogP contribution in [0.2, 0.25) is 0 Å². The predicted octanol–water partition coefficient (Wildman–Crippen LogP) is 3.86. The van der Waals surface area contributed by atoms with Crippen LogP contribution in [-0.2, 0) is 33.4 Å². The summed E-state index contributed by atoms with van der Waals surface area (Å²) in [5, 5.41) is 0. The molecule has 7 nitrogen and oxygen atoms in total. The Hall–Kier alpha value is -1.92. The van der Waals surface area contributed by atoms with Gasteiger partial charge in [-0.25, -0.2) is 4.79 Å². The third-order valence-corrected chi connectivity index (χ3v) is 9.80. The van der Waals surface area contributed by atoms with Crippen molar-refractivity contribution in [1.29, 1.82) is 0 Å². The molecule has 9 atom stereocenters. The van der Waals surface area contributed by atoms with Gasteiger partial charge in [-0.3, -0.25) is 14.4 Å². The summed E-state index contributed by atoms with van der Waals surface area (Å²) < 4.78 is 16.0. The first-order valence-electron chi connectivity index (χ1n) is 12.5. The maximum atomic E-state index is 13.8. The van der Waals surface area contributed by atoms with Gasteiger partial charge in [-0.2, -0.15) is 0 Å². The Kier molecular flexibility index (Phi) is 6.38. The van der Waals surface area contributed by atoms with Crippen molar-refractivity contribution in [2.45, 2.75) is 91.3 Å². The highest BCUT2D eigenvalue weighted by Gasteiger charge is 2.65. The number of Topliss-reactive ketones (excluding diaryl/α,β-unsaturated/α-hetero) is 1. The normalized spacial score (nSPS) is 42.9. The number of hydrogen-bond donors (Lipinski definition) is 0. The molecule has 0 aliphatic heterocycles.